The number of methoxy groups -OCH3 is 1. The van der Waals surface area contributed by atoms with Crippen LogP contribution in [-0.4, -0.2) is 38.3 Å². The van der Waals surface area contributed by atoms with Crippen LogP contribution in [0, 0.1) is 11.8 Å². The number of ether oxygens (including phenoxy) is 1. The summed E-state index contributed by atoms with van der Waals surface area (Å²) in [7, 11) is 1.59. The molecule has 4 rings (SSSR count). The fraction of sp³-hybridized carbons (Fsp3) is 0.500. The van der Waals surface area contributed by atoms with Crippen LogP contribution in [0.3, 0.4) is 0 Å². The third-order valence-corrected chi connectivity index (χ3v) is 4.77. The van der Waals surface area contributed by atoms with Gasteiger partial charge in [0, 0.05) is 23.4 Å². The standard InChI is InChI=1S/C16H17N3O4/c1-23-14-8-4-2-3-5-12(8)19-7-11(17-16(19)18-14)13(20)9-6-10(9)15(21)22/h7,9-10H,2-6H2,1H3,(H,21,22)/t9-,10-/m1/s1. The molecule has 0 spiro atoms. The number of ketones is 1. The number of rotatable bonds is 4. The lowest BCUT2D eigenvalue weighted by atomic mass is 9.97. The molecule has 1 saturated carbocycles. The van der Waals surface area contributed by atoms with Crippen molar-refractivity contribution in [3.05, 3.63) is 23.1 Å². The van der Waals surface area contributed by atoms with Crippen molar-refractivity contribution in [3.8, 4) is 5.88 Å². The predicted molar refractivity (Wildman–Crippen MR) is 79.7 cm³/mol. The quantitative estimate of drug-likeness (QED) is 0.860. The molecule has 0 amide bonds. The molecule has 7 heteroatoms. The van der Waals surface area contributed by atoms with Crippen molar-refractivity contribution in [2.45, 2.75) is 32.1 Å². The summed E-state index contributed by atoms with van der Waals surface area (Å²) in [5, 5.41) is 8.98. The summed E-state index contributed by atoms with van der Waals surface area (Å²) < 4.78 is 7.24. The van der Waals surface area contributed by atoms with Crippen LogP contribution in [0.25, 0.3) is 5.78 Å². The minimum absolute atomic E-state index is 0.202. The maximum Gasteiger partial charge on any atom is 0.307 e. The topological polar surface area (TPSA) is 93.8 Å². The fourth-order valence-corrected chi connectivity index (χ4v) is 3.43. The lowest BCUT2D eigenvalue weighted by Crippen LogP contribution is -2.12. The number of carboxylic acids is 1. The van der Waals surface area contributed by atoms with Gasteiger partial charge in [-0.05, 0) is 32.1 Å². The van der Waals surface area contributed by atoms with E-state index in [1.54, 1.807) is 13.3 Å². The number of aliphatic carboxylic acids is 1. The molecule has 1 fully saturated rings. The van der Waals surface area contributed by atoms with Gasteiger partial charge in [0.15, 0.2) is 5.78 Å². The molecule has 2 heterocycles. The van der Waals surface area contributed by atoms with Crippen LogP contribution in [-0.2, 0) is 17.6 Å². The molecule has 2 aliphatic carbocycles. The number of hydrogen-bond acceptors (Lipinski definition) is 5. The number of carbonyl (C=O) groups is 2. The fourth-order valence-electron chi connectivity index (χ4n) is 3.43. The molecule has 2 aliphatic rings. The van der Waals surface area contributed by atoms with Gasteiger partial charge in [-0.2, -0.15) is 4.98 Å². The van der Waals surface area contributed by atoms with Gasteiger partial charge in [-0.1, -0.05) is 0 Å². The largest absolute Gasteiger partial charge is 0.481 e. The van der Waals surface area contributed by atoms with Gasteiger partial charge in [-0.3, -0.25) is 14.0 Å². The summed E-state index contributed by atoms with van der Waals surface area (Å²) >= 11 is 0. The molecule has 2 atom stereocenters. The highest BCUT2D eigenvalue weighted by Crippen LogP contribution is 2.41. The Labute approximate surface area is 132 Å². The number of nitrogens with zero attached hydrogens (tertiary/aromatic N) is 3. The highest BCUT2D eigenvalue weighted by atomic mass is 16.5. The summed E-state index contributed by atoms with van der Waals surface area (Å²) in [5.41, 5.74) is 2.47. The Morgan fingerprint density at radius 3 is 2.74 bits per heavy atom. The molecule has 0 bridgehead atoms. The number of carbonyl (C=O) groups excluding carboxylic acids is 1. The van der Waals surface area contributed by atoms with Crippen LogP contribution >= 0.6 is 0 Å². The predicted octanol–water partition coefficient (Wildman–Crippen LogP) is 1.52. The van der Waals surface area contributed by atoms with Crippen LogP contribution in [0.5, 0.6) is 5.88 Å². The SMILES string of the molecule is COc1nc2nc(C(=O)[C@@H]3C[C@H]3C(=O)O)cn2c2c1CCCC2. The Morgan fingerprint density at radius 1 is 1.26 bits per heavy atom. The average Bonchev–Trinajstić information content (AvgIpc) is 3.25. The average molecular weight is 315 g/mol. The molecule has 2 aromatic rings. The van der Waals surface area contributed by atoms with E-state index < -0.39 is 17.8 Å². The normalized spacial score (nSPS) is 22.7. The van der Waals surface area contributed by atoms with E-state index in [-0.39, 0.29) is 5.78 Å². The van der Waals surface area contributed by atoms with E-state index in [1.807, 2.05) is 4.40 Å². The smallest absolute Gasteiger partial charge is 0.307 e. The van der Waals surface area contributed by atoms with Crippen LogP contribution in [0.1, 0.15) is 41.0 Å². The van der Waals surface area contributed by atoms with Crippen molar-refractivity contribution in [2.75, 3.05) is 7.11 Å². The van der Waals surface area contributed by atoms with Gasteiger partial charge in [-0.25, -0.2) is 4.98 Å². The summed E-state index contributed by atoms with van der Waals surface area (Å²) in [4.78, 5) is 32.1. The van der Waals surface area contributed by atoms with Crippen molar-refractivity contribution in [1.29, 1.82) is 0 Å². The van der Waals surface area contributed by atoms with Crippen molar-refractivity contribution in [2.24, 2.45) is 11.8 Å². The molecule has 120 valence electrons. The van der Waals surface area contributed by atoms with Crippen molar-refractivity contribution in [3.63, 3.8) is 0 Å². The number of hydrogen-bond donors (Lipinski definition) is 1. The minimum Gasteiger partial charge on any atom is -0.481 e. The molecule has 1 N–H and O–H groups in total. The van der Waals surface area contributed by atoms with Crippen LogP contribution in [0.4, 0.5) is 0 Å². The Balaban J connectivity index is 1.76. The number of Topliss-reactive ketones (excluding diaryl/α,β-unsaturated/α-hetero) is 1. The monoisotopic (exact) mass is 315 g/mol. The van der Waals surface area contributed by atoms with Crippen molar-refractivity contribution in [1.82, 2.24) is 14.4 Å². The first-order valence-electron chi connectivity index (χ1n) is 7.82. The van der Waals surface area contributed by atoms with E-state index in [4.69, 9.17) is 9.84 Å². The molecule has 0 radical (unpaired) electrons. The summed E-state index contributed by atoms with van der Waals surface area (Å²) in [6, 6.07) is 0. The molecule has 0 saturated heterocycles. The Hall–Kier alpha value is -2.44. The van der Waals surface area contributed by atoms with Gasteiger partial charge in [0.2, 0.25) is 11.7 Å². The number of aromatic nitrogens is 3. The Bertz CT molecular complexity index is 826. The number of carboxylic acid groups (broad SMARTS) is 1. The summed E-state index contributed by atoms with van der Waals surface area (Å²) in [6.07, 6.45) is 6.09. The molecule has 2 aromatic heterocycles. The van der Waals surface area contributed by atoms with E-state index in [0.29, 0.717) is 23.8 Å². The maximum atomic E-state index is 12.4. The molecular weight excluding hydrogens is 298 g/mol. The van der Waals surface area contributed by atoms with Gasteiger partial charge in [0.1, 0.15) is 5.69 Å². The second-order valence-corrected chi connectivity index (χ2v) is 6.20. The molecule has 23 heavy (non-hydrogen) atoms. The van der Waals surface area contributed by atoms with E-state index in [2.05, 4.69) is 9.97 Å². The zero-order valence-electron chi connectivity index (χ0n) is 12.8. The maximum absolute atomic E-state index is 12.4. The van der Waals surface area contributed by atoms with Gasteiger partial charge < -0.3 is 9.84 Å². The number of aryl methyl sites for hydroxylation is 1. The first-order chi connectivity index (χ1) is 11.1. The van der Waals surface area contributed by atoms with Gasteiger partial charge in [-0.15, -0.1) is 0 Å². The molecule has 0 aromatic carbocycles. The molecular formula is C16H17N3O4. The second kappa shape index (κ2) is 5.04. The van der Waals surface area contributed by atoms with Crippen LogP contribution in [0.15, 0.2) is 6.20 Å². The summed E-state index contributed by atoms with van der Waals surface area (Å²) in [5.74, 6) is -1.11. The number of imidazole rings is 1. The third-order valence-electron chi connectivity index (χ3n) is 4.77. The lowest BCUT2D eigenvalue weighted by Gasteiger charge is -2.18. The molecule has 0 unspecified atom stereocenters. The number of fused-ring (bicyclic) bond motifs is 3. The zero-order chi connectivity index (χ0) is 16.1. The highest BCUT2D eigenvalue weighted by molar-refractivity contribution is 6.01. The van der Waals surface area contributed by atoms with Crippen LogP contribution < -0.4 is 4.74 Å². The zero-order valence-corrected chi connectivity index (χ0v) is 12.8. The van der Waals surface area contributed by atoms with Gasteiger partial charge in [0.05, 0.1) is 13.0 Å². The molecule has 7 nitrogen and oxygen atoms in total. The van der Waals surface area contributed by atoms with E-state index in [0.717, 1.165) is 36.9 Å². The van der Waals surface area contributed by atoms with Crippen LogP contribution in [0.2, 0.25) is 0 Å². The Kier molecular flexibility index (Phi) is 3.11. The van der Waals surface area contributed by atoms with E-state index in [1.165, 1.54) is 0 Å². The minimum atomic E-state index is -0.913. The van der Waals surface area contributed by atoms with Crippen molar-refractivity contribution < 1.29 is 19.4 Å². The summed E-state index contributed by atoms with van der Waals surface area (Å²) in [6.45, 7) is 0. The van der Waals surface area contributed by atoms with Crippen molar-refractivity contribution >= 4 is 17.5 Å². The highest BCUT2D eigenvalue weighted by Gasteiger charge is 2.49. The Morgan fingerprint density at radius 2 is 2.04 bits per heavy atom. The first kappa shape index (κ1) is 14.2. The van der Waals surface area contributed by atoms with E-state index >= 15 is 0 Å². The van der Waals surface area contributed by atoms with Gasteiger partial charge >= 0.3 is 5.97 Å². The third kappa shape index (κ3) is 2.18. The molecule has 0 aliphatic heterocycles. The van der Waals surface area contributed by atoms with E-state index in [9.17, 15) is 9.59 Å². The van der Waals surface area contributed by atoms with Gasteiger partial charge in [0.25, 0.3) is 0 Å². The lowest BCUT2D eigenvalue weighted by molar-refractivity contribution is -0.138. The first-order valence-corrected chi connectivity index (χ1v) is 7.82. The second-order valence-electron chi connectivity index (χ2n) is 6.20.